The first-order valence-corrected chi connectivity index (χ1v) is 3.34. The maximum absolute atomic E-state index is 5.22. The van der Waals surface area contributed by atoms with Gasteiger partial charge in [-0.05, 0) is 6.92 Å². The molecule has 1 aromatic rings. The van der Waals surface area contributed by atoms with Crippen LogP contribution in [-0.4, -0.2) is 21.4 Å². The average Bonchev–Trinajstić information content (AvgIpc) is 2.34. The molecule has 0 unspecified atom stereocenters. The smallest absolute Gasteiger partial charge is 0.137 e. The minimum atomic E-state index is 0.619. The molecule has 2 heterocycles. The number of hydrogen-bond acceptors (Lipinski definition) is 3. The first-order valence-electron chi connectivity index (χ1n) is 3.34. The molecule has 0 amide bonds. The molecular weight excluding hydrogens is 130 g/mol. The van der Waals surface area contributed by atoms with Crippen molar-refractivity contribution in [2.45, 2.75) is 20.1 Å². The molecule has 4 nitrogen and oxygen atoms in total. The van der Waals surface area contributed by atoms with Crippen LogP contribution >= 0.6 is 0 Å². The third-order valence-corrected chi connectivity index (χ3v) is 1.70. The van der Waals surface area contributed by atoms with E-state index in [4.69, 9.17) is 4.74 Å². The SMILES string of the molecule is Cc1nnc2n1COCC2. The summed E-state index contributed by atoms with van der Waals surface area (Å²) in [5, 5.41) is 7.92. The topological polar surface area (TPSA) is 39.9 Å². The zero-order valence-corrected chi connectivity index (χ0v) is 5.87. The van der Waals surface area contributed by atoms with Gasteiger partial charge in [0.25, 0.3) is 0 Å². The third-order valence-electron chi connectivity index (χ3n) is 1.70. The molecule has 0 saturated heterocycles. The maximum atomic E-state index is 5.22. The van der Waals surface area contributed by atoms with Crippen molar-refractivity contribution < 1.29 is 4.74 Å². The van der Waals surface area contributed by atoms with Gasteiger partial charge in [0.15, 0.2) is 0 Å². The molecule has 0 spiro atoms. The lowest BCUT2D eigenvalue weighted by Crippen LogP contribution is -2.17. The van der Waals surface area contributed by atoms with Gasteiger partial charge in [-0.3, -0.25) is 4.57 Å². The third kappa shape index (κ3) is 0.724. The van der Waals surface area contributed by atoms with E-state index in [2.05, 4.69) is 10.2 Å². The summed E-state index contributed by atoms with van der Waals surface area (Å²) >= 11 is 0. The van der Waals surface area contributed by atoms with Gasteiger partial charge in [-0.15, -0.1) is 10.2 Å². The molecule has 4 heteroatoms. The van der Waals surface area contributed by atoms with Gasteiger partial charge in [0.2, 0.25) is 0 Å². The number of hydrogen-bond donors (Lipinski definition) is 0. The molecule has 0 aliphatic carbocycles. The normalized spacial score (nSPS) is 16.9. The maximum Gasteiger partial charge on any atom is 0.137 e. The molecule has 0 aromatic carbocycles. The van der Waals surface area contributed by atoms with E-state index in [1.54, 1.807) is 0 Å². The summed E-state index contributed by atoms with van der Waals surface area (Å²) in [5.74, 6) is 1.98. The van der Waals surface area contributed by atoms with Gasteiger partial charge in [0.05, 0.1) is 6.61 Å². The Kier molecular flexibility index (Phi) is 1.20. The standard InChI is InChI=1S/C6H9N3O/c1-5-7-8-6-2-3-10-4-9(5)6/h2-4H2,1H3. The van der Waals surface area contributed by atoms with Crippen molar-refractivity contribution in [2.75, 3.05) is 6.61 Å². The summed E-state index contributed by atoms with van der Waals surface area (Å²) in [5.41, 5.74) is 0. The lowest BCUT2D eigenvalue weighted by molar-refractivity contribution is 0.0544. The number of aromatic nitrogens is 3. The lowest BCUT2D eigenvalue weighted by Gasteiger charge is -2.13. The van der Waals surface area contributed by atoms with Crippen molar-refractivity contribution >= 4 is 0 Å². The Balaban J connectivity index is 2.45. The van der Waals surface area contributed by atoms with Crippen molar-refractivity contribution in [3.05, 3.63) is 11.6 Å². The second-order valence-electron chi connectivity index (χ2n) is 2.38. The van der Waals surface area contributed by atoms with Crippen LogP contribution in [0.2, 0.25) is 0 Å². The van der Waals surface area contributed by atoms with Gasteiger partial charge >= 0.3 is 0 Å². The second-order valence-corrected chi connectivity index (χ2v) is 2.38. The van der Waals surface area contributed by atoms with Crippen LogP contribution in [-0.2, 0) is 17.9 Å². The highest BCUT2D eigenvalue weighted by atomic mass is 16.5. The van der Waals surface area contributed by atoms with E-state index >= 15 is 0 Å². The molecule has 2 rings (SSSR count). The molecule has 0 saturated carbocycles. The molecule has 54 valence electrons. The molecule has 1 aliphatic heterocycles. The predicted molar refractivity (Wildman–Crippen MR) is 34.4 cm³/mol. The Labute approximate surface area is 58.8 Å². The number of fused-ring (bicyclic) bond motifs is 1. The largest absolute Gasteiger partial charge is 0.360 e. The molecule has 0 atom stereocenters. The summed E-state index contributed by atoms with van der Waals surface area (Å²) in [6.07, 6.45) is 0.890. The molecule has 1 aliphatic rings. The van der Waals surface area contributed by atoms with Gasteiger partial charge < -0.3 is 4.74 Å². The Morgan fingerprint density at radius 3 is 3.20 bits per heavy atom. The van der Waals surface area contributed by atoms with Crippen LogP contribution in [0.25, 0.3) is 0 Å². The molecule has 0 fully saturated rings. The summed E-state index contributed by atoms with van der Waals surface area (Å²) in [4.78, 5) is 0. The molecule has 0 bridgehead atoms. The first kappa shape index (κ1) is 5.85. The first-order chi connectivity index (χ1) is 4.88. The zero-order chi connectivity index (χ0) is 6.97. The highest BCUT2D eigenvalue weighted by molar-refractivity contribution is 4.94. The van der Waals surface area contributed by atoms with E-state index in [9.17, 15) is 0 Å². The van der Waals surface area contributed by atoms with Crippen molar-refractivity contribution in [2.24, 2.45) is 0 Å². The Bertz CT molecular complexity index is 243. The lowest BCUT2D eigenvalue weighted by atomic mass is 10.4. The fraction of sp³-hybridized carbons (Fsp3) is 0.667. The second kappa shape index (κ2) is 2.05. The van der Waals surface area contributed by atoms with Gasteiger partial charge in [-0.25, -0.2) is 0 Å². The van der Waals surface area contributed by atoms with E-state index in [0.29, 0.717) is 6.73 Å². The van der Waals surface area contributed by atoms with E-state index in [-0.39, 0.29) is 0 Å². The minimum absolute atomic E-state index is 0.619. The van der Waals surface area contributed by atoms with Crippen molar-refractivity contribution in [3.8, 4) is 0 Å². The Hall–Kier alpha value is -0.900. The van der Waals surface area contributed by atoms with E-state index < -0.39 is 0 Å². The van der Waals surface area contributed by atoms with Crippen molar-refractivity contribution in [1.82, 2.24) is 14.8 Å². The van der Waals surface area contributed by atoms with Crippen LogP contribution in [0.15, 0.2) is 0 Å². The molecular formula is C6H9N3O. The Morgan fingerprint density at radius 2 is 2.40 bits per heavy atom. The average molecular weight is 139 g/mol. The van der Waals surface area contributed by atoms with Crippen LogP contribution in [0, 0.1) is 6.92 Å². The fourth-order valence-corrected chi connectivity index (χ4v) is 1.10. The Morgan fingerprint density at radius 1 is 1.50 bits per heavy atom. The molecule has 0 N–H and O–H groups in total. The molecule has 10 heavy (non-hydrogen) atoms. The van der Waals surface area contributed by atoms with E-state index in [1.165, 1.54) is 0 Å². The van der Waals surface area contributed by atoms with Crippen LogP contribution in [0.1, 0.15) is 11.6 Å². The number of ether oxygens (including phenoxy) is 1. The van der Waals surface area contributed by atoms with Crippen molar-refractivity contribution in [1.29, 1.82) is 0 Å². The highest BCUT2D eigenvalue weighted by Gasteiger charge is 2.12. The van der Waals surface area contributed by atoms with Crippen LogP contribution in [0.5, 0.6) is 0 Å². The van der Waals surface area contributed by atoms with Gasteiger partial charge in [-0.2, -0.15) is 0 Å². The highest BCUT2D eigenvalue weighted by Crippen LogP contribution is 2.07. The fourth-order valence-electron chi connectivity index (χ4n) is 1.10. The van der Waals surface area contributed by atoms with Gasteiger partial charge in [0.1, 0.15) is 18.4 Å². The van der Waals surface area contributed by atoms with Crippen LogP contribution in [0.4, 0.5) is 0 Å². The van der Waals surface area contributed by atoms with E-state index in [1.807, 2.05) is 11.5 Å². The van der Waals surface area contributed by atoms with Crippen LogP contribution in [0.3, 0.4) is 0 Å². The molecule has 1 aromatic heterocycles. The number of nitrogens with zero attached hydrogens (tertiary/aromatic N) is 3. The minimum Gasteiger partial charge on any atom is -0.360 e. The van der Waals surface area contributed by atoms with Gasteiger partial charge in [-0.1, -0.05) is 0 Å². The van der Waals surface area contributed by atoms with Crippen LogP contribution < -0.4 is 0 Å². The summed E-state index contributed by atoms with van der Waals surface area (Å²) in [6, 6.07) is 0. The van der Waals surface area contributed by atoms with Gasteiger partial charge in [0, 0.05) is 6.42 Å². The summed E-state index contributed by atoms with van der Waals surface area (Å²) in [7, 11) is 0. The summed E-state index contributed by atoms with van der Waals surface area (Å²) < 4.78 is 7.21. The number of aryl methyl sites for hydroxylation is 1. The zero-order valence-electron chi connectivity index (χ0n) is 5.87. The summed E-state index contributed by atoms with van der Waals surface area (Å²) in [6.45, 7) is 3.33. The number of rotatable bonds is 0. The van der Waals surface area contributed by atoms with E-state index in [0.717, 1.165) is 24.7 Å². The molecule has 0 radical (unpaired) electrons. The van der Waals surface area contributed by atoms with Crippen molar-refractivity contribution in [3.63, 3.8) is 0 Å². The monoisotopic (exact) mass is 139 g/mol. The quantitative estimate of drug-likeness (QED) is 0.512. The predicted octanol–water partition coefficient (Wildman–Crippen LogP) is 0.117.